The molecule has 2 nitrogen and oxygen atoms in total. The molecule has 2 saturated carbocycles. The maximum absolute atomic E-state index is 15.2. The lowest BCUT2D eigenvalue weighted by Crippen LogP contribution is -2.30. The molecule has 0 bridgehead atoms. The zero-order valence-corrected chi connectivity index (χ0v) is 21.7. The van der Waals surface area contributed by atoms with Crippen molar-refractivity contribution in [2.75, 3.05) is 0 Å². The standard InChI is InChI=1S/C30H45F3O2/c1-4-6-21-9-13-23(14-10-21)25(7-5-2)29(33)27(32)19-22-11-15-24(16-12-22)30(34)35-28-17-8-20(3)18-26(28)31/h5,7,17,20-24,26,30,34H,2,4,6,8-16,18-19H2,1,3H3/b25-7-,29-27-/t20-,21?,22?,23?,24?,26-,30-/m0/s1. The van der Waals surface area contributed by atoms with Crippen LogP contribution in [0.4, 0.5) is 13.2 Å². The van der Waals surface area contributed by atoms with Gasteiger partial charge < -0.3 is 9.84 Å². The van der Waals surface area contributed by atoms with Gasteiger partial charge >= 0.3 is 0 Å². The van der Waals surface area contributed by atoms with Crippen molar-refractivity contribution in [1.29, 1.82) is 0 Å². The highest BCUT2D eigenvalue weighted by Crippen LogP contribution is 2.41. The Labute approximate surface area is 210 Å². The first kappa shape index (κ1) is 28.1. The Kier molecular flexibility index (Phi) is 11.0. The van der Waals surface area contributed by atoms with Gasteiger partial charge in [0.2, 0.25) is 0 Å². The number of aliphatic hydroxyl groups is 1. The highest BCUT2D eigenvalue weighted by Gasteiger charge is 2.32. The third-order valence-corrected chi connectivity index (χ3v) is 8.43. The summed E-state index contributed by atoms with van der Waals surface area (Å²) in [7, 11) is 0. The molecule has 0 aromatic rings. The molecular weight excluding hydrogens is 449 g/mol. The van der Waals surface area contributed by atoms with E-state index in [1.54, 1.807) is 18.2 Å². The van der Waals surface area contributed by atoms with Crippen molar-refractivity contribution < 1.29 is 23.0 Å². The van der Waals surface area contributed by atoms with Crippen molar-refractivity contribution in [2.24, 2.45) is 29.6 Å². The molecule has 0 aromatic carbocycles. The lowest BCUT2D eigenvalue weighted by molar-refractivity contribution is -0.125. The summed E-state index contributed by atoms with van der Waals surface area (Å²) in [4.78, 5) is 0. The number of aliphatic hydroxyl groups excluding tert-OH is 1. The van der Waals surface area contributed by atoms with Gasteiger partial charge in [-0.05, 0) is 99.5 Å². The van der Waals surface area contributed by atoms with E-state index in [2.05, 4.69) is 13.5 Å². The van der Waals surface area contributed by atoms with Crippen LogP contribution in [-0.4, -0.2) is 17.6 Å². The molecule has 0 amide bonds. The van der Waals surface area contributed by atoms with E-state index < -0.39 is 24.1 Å². The Morgan fingerprint density at radius 2 is 1.77 bits per heavy atom. The van der Waals surface area contributed by atoms with Gasteiger partial charge in [0.25, 0.3) is 0 Å². The number of rotatable bonds is 10. The van der Waals surface area contributed by atoms with Crippen LogP contribution in [0, 0.1) is 29.6 Å². The van der Waals surface area contributed by atoms with Crippen LogP contribution >= 0.6 is 0 Å². The molecule has 3 rings (SSSR count). The molecule has 3 aliphatic carbocycles. The third-order valence-electron chi connectivity index (χ3n) is 8.43. The van der Waals surface area contributed by atoms with Gasteiger partial charge in [0.15, 0.2) is 18.3 Å². The van der Waals surface area contributed by atoms with Crippen LogP contribution in [0.3, 0.4) is 0 Å². The van der Waals surface area contributed by atoms with Crippen molar-refractivity contribution in [2.45, 2.75) is 110 Å². The van der Waals surface area contributed by atoms with E-state index in [9.17, 15) is 9.50 Å². The lowest BCUT2D eigenvalue weighted by atomic mass is 9.76. The van der Waals surface area contributed by atoms with Crippen LogP contribution in [0.2, 0.25) is 0 Å². The van der Waals surface area contributed by atoms with Gasteiger partial charge in [-0.3, -0.25) is 0 Å². The molecule has 3 aliphatic rings. The van der Waals surface area contributed by atoms with Crippen LogP contribution in [0.1, 0.15) is 97.3 Å². The van der Waals surface area contributed by atoms with Gasteiger partial charge in [-0.25, -0.2) is 13.2 Å². The molecule has 0 unspecified atom stereocenters. The normalized spacial score (nSPS) is 34.0. The molecule has 3 atom stereocenters. The Bertz CT molecular complexity index is 770. The van der Waals surface area contributed by atoms with Crippen molar-refractivity contribution in [3.8, 4) is 0 Å². The number of hydrogen-bond acceptors (Lipinski definition) is 2. The van der Waals surface area contributed by atoms with E-state index in [0.29, 0.717) is 43.6 Å². The van der Waals surface area contributed by atoms with E-state index in [4.69, 9.17) is 4.74 Å². The number of alkyl halides is 1. The van der Waals surface area contributed by atoms with E-state index in [0.717, 1.165) is 32.1 Å². The van der Waals surface area contributed by atoms with Crippen molar-refractivity contribution in [3.05, 3.63) is 47.8 Å². The van der Waals surface area contributed by atoms with Crippen LogP contribution in [0.25, 0.3) is 0 Å². The molecule has 0 aliphatic heterocycles. The molecule has 1 N–H and O–H groups in total. The largest absolute Gasteiger partial charge is 0.466 e. The summed E-state index contributed by atoms with van der Waals surface area (Å²) in [6, 6.07) is 0. The topological polar surface area (TPSA) is 29.5 Å². The molecule has 5 heteroatoms. The minimum atomic E-state index is -1.16. The summed E-state index contributed by atoms with van der Waals surface area (Å²) >= 11 is 0. The van der Waals surface area contributed by atoms with Gasteiger partial charge in [0.05, 0.1) is 0 Å². The molecule has 0 radical (unpaired) electrons. The minimum Gasteiger partial charge on any atom is -0.466 e. The fraction of sp³-hybridized carbons (Fsp3) is 0.733. The molecule has 35 heavy (non-hydrogen) atoms. The minimum absolute atomic E-state index is 0.0399. The van der Waals surface area contributed by atoms with Crippen LogP contribution in [-0.2, 0) is 4.74 Å². The van der Waals surface area contributed by atoms with Gasteiger partial charge in [-0.15, -0.1) is 0 Å². The first-order chi connectivity index (χ1) is 16.8. The second kappa shape index (κ2) is 13.7. The summed E-state index contributed by atoms with van der Waals surface area (Å²) in [5.74, 6) is -0.112. The van der Waals surface area contributed by atoms with Gasteiger partial charge in [-0.2, -0.15) is 0 Å². The Morgan fingerprint density at radius 3 is 2.37 bits per heavy atom. The second-order valence-corrected chi connectivity index (χ2v) is 11.2. The molecular formula is C30H45F3O2. The first-order valence-corrected chi connectivity index (χ1v) is 13.9. The smallest absolute Gasteiger partial charge is 0.199 e. The van der Waals surface area contributed by atoms with E-state index in [-0.39, 0.29) is 35.9 Å². The van der Waals surface area contributed by atoms with Gasteiger partial charge in [-0.1, -0.05) is 45.4 Å². The Morgan fingerprint density at radius 1 is 1.11 bits per heavy atom. The summed E-state index contributed by atoms with van der Waals surface area (Å²) in [6.07, 6.45) is 13.1. The predicted octanol–water partition coefficient (Wildman–Crippen LogP) is 9.04. The van der Waals surface area contributed by atoms with E-state index in [1.165, 1.54) is 12.8 Å². The quantitative estimate of drug-likeness (QED) is 0.242. The maximum atomic E-state index is 15.2. The summed E-state index contributed by atoms with van der Waals surface area (Å²) in [5.41, 5.74) is 0.473. The number of hydrogen-bond donors (Lipinski definition) is 1. The fourth-order valence-electron chi connectivity index (χ4n) is 6.23. The van der Waals surface area contributed by atoms with Gasteiger partial charge in [0, 0.05) is 12.3 Å². The molecule has 0 aromatic heterocycles. The highest BCUT2D eigenvalue weighted by atomic mass is 19.2. The summed E-state index contributed by atoms with van der Waals surface area (Å²) in [6.45, 7) is 7.92. The van der Waals surface area contributed by atoms with Crippen LogP contribution in [0.15, 0.2) is 47.8 Å². The molecule has 0 heterocycles. The highest BCUT2D eigenvalue weighted by molar-refractivity contribution is 5.33. The molecule has 0 spiro atoms. The fourth-order valence-corrected chi connectivity index (χ4v) is 6.23. The maximum Gasteiger partial charge on any atom is 0.199 e. The average Bonchev–Trinajstić information content (AvgIpc) is 2.85. The van der Waals surface area contributed by atoms with E-state index in [1.807, 2.05) is 6.92 Å². The lowest BCUT2D eigenvalue weighted by Gasteiger charge is -2.33. The zero-order valence-electron chi connectivity index (χ0n) is 21.7. The zero-order chi connectivity index (χ0) is 25.4. The number of ether oxygens (including phenoxy) is 1. The van der Waals surface area contributed by atoms with Crippen LogP contribution < -0.4 is 0 Å². The predicted molar refractivity (Wildman–Crippen MR) is 136 cm³/mol. The first-order valence-electron chi connectivity index (χ1n) is 13.9. The summed E-state index contributed by atoms with van der Waals surface area (Å²) < 4.78 is 50.1. The van der Waals surface area contributed by atoms with Crippen molar-refractivity contribution in [1.82, 2.24) is 0 Å². The van der Waals surface area contributed by atoms with Crippen molar-refractivity contribution >= 4 is 0 Å². The van der Waals surface area contributed by atoms with Gasteiger partial charge in [0.1, 0.15) is 11.6 Å². The third kappa shape index (κ3) is 8.00. The monoisotopic (exact) mass is 494 g/mol. The SMILES string of the molecule is C=C/C=C(\C(F)=C(\F)CC1CCC([C@@H](O)OC2=CC[C@H](C)C[C@@H]2F)CC1)C1CCC(CCC)CC1. The number of halogens is 3. The van der Waals surface area contributed by atoms with Crippen molar-refractivity contribution in [3.63, 3.8) is 0 Å². The Hall–Kier alpha value is -1.49. The molecule has 198 valence electrons. The average molecular weight is 495 g/mol. The number of allylic oxidation sites excluding steroid dienone is 7. The molecule has 2 fully saturated rings. The van der Waals surface area contributed by atoms with E-state index >= 15 is 8.78 Å². The Balaban J connectivity index is 1.51. The van der Waals surface area contributed by atoms with Crippen LogP contribution in [0.5, 0.6) is 0 Å². The molecule has 0 saturated heterocycles. The summed E-state index contributed by atoms with van der Waals surface area (Å²) in [5, 5.41) is 10.5. The second-order valence-electron chi connectivity index (χ2n) is 11.2.